The van der Waals surface area contributed by atoms with Crippen LogP contribution in [0.2, 0.25) is 0 Å². The molecule has 1 rings (SSSR count). The van der Waals surface area contributed by atoms with Crippen LogP contribution in [0.25, 0.3) is 0 Å². The van der Waals surface area contributed by atoms with Crippen molar-refractivity contribution in [2.45, 2.75) is 12.8 Å². The van der Waals surface area contributed by atoms with E-state index in [-0.39, 0.29) is 5.69 Å². The minimum absolute atomic E-state index is 0.212. The predicted molar refractivity (Wildman–Crippen MR) is 52.9 cm³/mol. The molecule has 0 bridgehead atoms. The van der Waals surface area contributed by atoms with Crippen molar-refractivity contribution >= 4 is 5.69 Å². The van der Waals surface area contributed by atoms with Gasteiger partial charge in [-0.25, -0.2) is 13.2 Å². The fourth-order valence-corrected chi connectivity index (χ4v) is 1.08. The number of hydrogen-bond acceptors (Lipinski definition) is 1. The van der Waals surface area contributed by atoms with Crippen LogP contribution in [0, 0.1) is 29.8 Å². The van der Waals surface area contributed by atoms with Crippen LogP contribution in [0.1, 0.15) is 12.8 Å². The van der Waals surface area contributed by atoms with Gasteiger partial charge in [-0.2, -0.15) is 0 Å². The van der Waals surface area contributed by atoms with Crippen LogP contribution in [-0.2, 0) is 0 Å². The second-order valence-corrected chi connectivity index (χ2v) is 2.99. The second kappa shape index (κ2) is 5.30. The molecule has 1 aromatic rings. The number of unbranched alkanes of at least 4 members (excludes halogenated alkanes) is 1. The van der Waals surface area contributed by atoms with E-state index in [4.69, 9.17) is 6.42 Å². The summed E-state index contributed by atoms with van der Waals surface area (Å²) in [4.78, 5) is 0. The Bertz CT molecular complexity index is 359. The molecule has 1 nitrogen and oxygen atoms in total. The second-order valence-electron chi connectivity index (χ2n) is 2.99. The normalized spacial score (nSPS) is 9.73. The molecular formula is C11H10F3N. The summed E-state index contributed by atoms with van der Waals surface area (Å²) in [5.41, 5.74) is 0.212. The van der Waals surface area contributed by atoms with Crippen molar-refractivity contribution in [1.82, 2.24) is 0 Å². The van der Waals surface area contributed by atoms with Crippen molar-refractivity contribution in [1.29, 1.82) is 0 Å². The molecule has 0 atom stereocenters. The molecule has 0 aliphatic carbocycles. The van der Waals surface area contributed by atoms with Gasteiger partial charge in [0.05, 0.1) is 0 Å². The number of halogens is 3. The third-order valence-electron chi connectivity index (χ3n) is 1.81. The summed E-state index contributed by atoms with van der Waals surface area (Å²) in [5.74, 6) is -1.42. The van der Waals surface area contributed by atoms with Gasteiger partial charge in [0.2, 0.25) is 0 Å². The Kier molecular flexibility index (Phi) is 4.04. The van der Waals surface area contributed by atoms with E-state index in [9.17, 15) is 13.2 Å². The van der Waals surface area contributed by atoms with E-state index in [1.54, 1.807) is 0 Å². The van der Waals surface area contributed by atoms with Crippen molar-refractivity contribution in [3.63, 3.8) is 0 Å². The highest BCUT2D eigenvalue weighted by Crippen LogP contribution is 2.17. The summed E-state index contributed by atoms with van der Waals surface area (Å²) < 4.78 is 38.0. The predicted octanol–water partition coefficient (Wildman–Crippen LogP) is 2.93. The molecule has 0 radical (unpaired) electrons. The maximum Gasteiger partial charge on any atom is 0.194 e. The van der Waals surface area contributed by atoms with Crippen LogP contribution in [-0.4, -0.2) is 6.54 Å². The van der Waals surface area contributed by atoms with E-state index < -0.39 is 17.5 Å². The van der Waals surface area contributed by atoms with Gasteiger partial charge in [-0.15, -0.1) is 12.3 Å². The van der Waals surface area contributed by atoms with Crippen LogP contribution in [0.4, 0.5) is 18.9 Å². The molecule has 1 aromatic carbocycles. The van der Waals surface area contributed by atoms with Crippen molar-refractivity contribution in [3.05, 3.63) is 29.6 Å². The van der Waals surface area contributed by atoms with Crippen molar-refractivity contribution < 1.29 is 13.2 Å². The number of anilines is 1. The van der Waals surface area contributed by atoms with Crippen LogP contribution in [0.5, 0.6) is 0 Å². The Morgan fingerprint density at radius 1 is 1.20 bits per heavy atom. The van der Waals surface area contributed by atoms with E-state index in [0.29, 0.717) is 19.4 Å². The van der Waals surface area contributed by atoms with Crippen molar-refractivity contribution in [2.24, 2.45) is 0 Å². The van der Waals surface area contributed by atoms with Crippen LogP contribution in [0.15, 0.2) is 12.1 Å². The average molecular weight is 213 g/mol. The molecule has 0 aromatic heterocycles. The highest BCUT2D eigenvalue weighted by molar-refractivity contribution is 5.43. The Morgan fingerprint density at radius 3 is 2.33 bits per heavy atom. The molecule has 0 amide bonds. The lowest BCUT2D eigenvalue weighted by molar-refractivity contribution is 0.447. The maximum absolute atomic E-state index is 12.7. The molecule has 0 aliphatic heterocycles. The highest BCUT2D eigenvalue weighted by atomic mass is 19.2. The molecule has 15 heavy (non-hydrogen) atoms. The van der Waals surface area contributed by atoms with E-state index in [1.807, 2.05) is 0 Å². The van der Waals surface area contributed by atoms with Gasteiger partial charge in [-0.05, 0) is 6.42 Å². The summed E-state index contributed by atoms with van der Waals surface area (Å²) in [6.45, 7) is 0.495. The van der Waals surface area contributed by atoms with Gasteiger partial charge in [-0.3, -0.25) is 0 Å². The first kappa shape index (κ1) is 11.4. The van der Waals surface area contributed by atoms with Crippen LogP contribution >= 0.6 is 0 Å². The SMILES string of the molecule is C#CCCCNc1cc(F)c(F)c(F)c1. The number of nitrogens with one attached hydrogen (secondary N) is 1. The largest absolute Gasteiger partial charge is 0.385 e. The fourth-order valence-electron chi connectivity index (χ4n) is 1.08. The summed E-state index contributed by atoms with van der Waals surface area (Å²) in [5, 5.41) is 2.75. The van der Waals surface area contributed by atoms with Crippen LogP contribution < -0.4 is 5.32 Å². The third kappa shape index (κ3) is 3.21. The molecule has 1 N–H and O–H groups in total. The Balaban J connectivity index is 2.59. The van der Waals surface area contributed by atoms with Crippen LogP contribution in [0.3, 0.4) is 0 Å². The highest BCUT2D eigenvalue weighted by Gasteiger charge is 2.09. The Morgan fingerprint density at radius 2 is 1.80 bits per heavy atom. The summed E-state index contributed by atoms with van der Waals surface area (Å²) in [6, 6.07) is 1.82. The Hall–Kier alpha value is -1.63. The molecule has 0 aliphatic rings. The van der Waals surface area contributed by atoms with Gasteiger partial charge in [0, 0.05) is 30.8 Å². The van der Waals surface area contributed by atoms with Gasteiger partial charge < -0.3 is 5.32 Å². The first-order valence-electron chi connectivity index (χ1n) is 4.47. The van der Waals surface area contributed by atoms with Gasteiger partial charge in [0.25, 0.3) is 0 Å². The minimum Gasteiger partial charge on any atom is -0.385 e. The number of rotatable bonds is 4. The molecule has 0 saturated carbocycles. The zero-order valence-corrected chi connectivity index (χ0v) is 7.99. The molecule has 0 unspecified atom stereocenters. The van der Waals surface area contributed by atoms with Gasteiger partial charge in [0.1, 0.15) is 0 Å². The average Bonchev–Trinajstić information content (AvgIpc) is 2.21. The zero-order valence-electron chi connectivity index (χ0n) is 7.99. The van der Waals surface area contributed by atoms with E-state index in [1.165, 1.54) is 0 Å². The molecule has 0 spiro atoms. The lowest BCUT2D eigenvalue weighted by Crippen LogP contribution is -2.03. The van der Waals surface area contributed by atoms with Crippen molar-refractivity contribution in [2.75, 3.05) is 11.9 Å². The van der Waals surface area contributed by atoms with Gasteiger partial charge in [-0.1, -0.05) is 0 Å². The minimum atomic E-state index is -1.45. The quantitative estimate of drug-likeness (QED) is 0.460. The van der Waals surface area contributed by atoms with E-state index in [2.05, 4.69) is 11.2 Å². The fraction of sp³-hybridized carbons (Fsp3) is 0.273. The topological polar surface area (TPSA) is 12.0 Å². The Labute approximate surface area is 86.3 Å². The molecule has 80 valence electrons. The number of terminal acetylenes is 1. The van der Waals surface area contributed by atoms with Crippen molar-refractivity contribution in [3.8, 4) is 12.3 Å². The van der Waals surface area contributed by atoms with Gasteiger partial charge in [0.15, 0.2) is 17.5 Å². The summed E-state index contributed by atoms with van der Waals surface area (Å²) in [6.07, 6.45) is 6.30. The van der Waals surface area contributed by atoms with E-state index in [0.717, 1.165) is 12.1 Å². The van der Waals surface area contributed by atoms with Gasteiger partial charge >= 0.3 is 0 Å². The smallest absolute Gasteiger partial charge is 0.194 e. The molecule has 4 heteroatoms. The summed E-state index contributed by atoms with van der Waals surface area (Å²) >= 11 is 0. The standard InChI is InChI=1S/C11H10F3N/c1-2-3-4-5-15-8-6-9(12)11(14)10(13)7-8/h1,6-7,15H,3-5H2. The molecule has 0 heterocycles. The maximum atomic E-state index is 12.7. The monoisotopic (exact) mass is 213 g/mol. The van der Waals surface area contributed by atoms with E-state index >= 15 is 0 Å². The zero-order chi connectivity index (χ0) is 11.3. The summed E-state index contributed by atoms with van der Waals surface area (Å²) in [7, 11) is 0. The first-order chi connectivity index (χ1) is 7.15. The first-order valence-corrected chi connectivity index (χ1v) is 4.47. The molecule has 0 fully saturated rings. The number of hydrogen-bond donors (Lipinski definition) is 1. The molecule has 0 saturated heterocycles. The number of benzene rings is 1. The lowest BCUT2D eigenvalue weighted by atomic mass is 10.2. The lowest BCUT2D eigenvalue weighted by Gasteiger charge is -2.05. The third-order valence-corrected chi connectivity index (χ3v) is 1.81. The molecular weight excluding hydrogens is 203 g/mol.